The topological polar surface area (TPSA) is 31.2 Å². The Hall–Kier alpha value is -1.09. The Kier molecular flexibility index (Phi) is 4.09. The van der Waals surface area contributed by atoms with Gasteiger partial charge in [0.15, 0.2) is 0 Å². The fourth-order valence-electron chi connectivity index (χ4n) is 1.59. The fourth-order valence-corrected chi connectivity index (χ4v) is 1.59. The maximum atomic E-state index is 12.0. The van der Waals surface area contributed by atoms with Gasteiger partial charge in [-0.1, -0.05) is 19.9 Å². The van der Waals surface area contributed by atoms with Crippen LogP contribution >= 0.6 is 0 Å². The molecule has 0 aliphatic heterocycles. The minimum atomic E-state index is 0.113. The van der Waals surface area contributed by atoms with Gasteiger partial charge >= 0.3 is 0 Å². The summed E-state index contributed by atoms with van der Waals surface area (Å²) >= 11 is 0. The molecular weight excluding hydrogens is 190 g/mol. The minimum absolute atomic E-state index is 0.113. The van der Waals surface area contributed by atoms with Gasteiger partial charge in [0.25, 0.3) is 5.56 Å². The first kappa shape index (κ1) is 12.0. The number of hydrogen-bond donors (Lipinski definition) is 0. The number of pyridine rings is 1. The van der Waals surface area contributed by atoms with Gasteiger partial charge in [-0.3, -0.25) is 4.79 Å². The van der Waals surface area contributed by atoms with Crippen molar-refractivity contribution in [2.45, 2.75) is 33.2 Å². The molecule has 0 bridgehead atoms. The quantitative estimate of drug-likeness (QED) is 0.758. The predicted molar refractivity (Wildman–Crippen MR) is 61.4 cm³/mol. The molecule has 3 nitrogen and oxygen atoms in total. The van der Waals surface area contributed by atoms with Crippen LogP contribution in [0.5, 0.6) is 0 Å². The molecule has 1 heterocycles. The summed E-state index contributed by atoms with van der Waals surface area (Å²) in [4.78, 5) is 12.0. The highest BCUT2D eigenvalue weighted by Gasteiger charge is 2.08. The normalized spacial score (nSPS) is 11.0. The van der Waals surface area contributed by atoms with Crippen LogP contribution in [0.4, 0.5) is 0 Å². The molecule has 0 atom stereocenters. The zero-order valence-corrected chi connectivity index (χ0v) is 9.91. The zero-order chi connectivity index (χ0) is 11.4. The van der Waals surface area contributed by atoms with Crippen molar-refractivity contribution in [3.8, 4) is 0 Å². The van der Waals surface area contributed by atoms with E-state index in [1.165, 1.54) is 0 Å². The average Bonchev–Trinajstić information content (AvgIpc) is 2.17. The smallest absolute Gasteiger partial charge is 0.254 e. The monoisotopic (exact) mass is 209 g/mol. The van der Waals surface area contributed by atoms with Crippen molar-refractivity contribution >= 4 is 0 Å². The Morgan fingerprint density at radius 2 is 2.07 bits per heavy atom. The largest absolute Gasteiger partial charge is 0.383 e. The summed E-state index contributed by atoms with van der Waals surface area (Å²) in [6, 6.07) is 3.91. The summed E-state index contributed by atoms with van der Waals surface area (Å²) in [6.45, 7) is 7.21. The molecule has 0 saturated carbocycles. The molecule has 0 fully saturated rings. The molecular formula is C12H19NO2. The molecule has 1 rings (SSSR count). The van der Waals surface area contributed by atoms with Crippen molar-refractivity contribution in [3.05, 3.63) is 33.7 Å². The Labute approximate surface area is 90.7 Å². The average molecular weight is 209 g/mol. The molecule has 0 unspecified atom stereocenters. The predicted octanol–water partition coefficient (Wildman–Crippen LogP) is 1.93. The summed E-state index contributed by atoms with van der Waals surface area (Å²) in [5.74, 6) is 0.270. The van der Waals surface area contributed by atoms with Crippen LogP contribution in [0.15, 0.2) is 16.9 Å². The summed E-state index contributed by atoms with van der Waals surface area (Å²) < 4.78 is 6.77. The van der Waals surface area contributed by atoms with Gasteiger partial charge in [-0.25, -0.2) is 0 Å². The van der Waals surface area contributed by atoms with Crippen LogP contribution in [0.3, 0.4) is 0 Å². The zero-order valence-electron chi connectivity index (χ0n) is 9.91. The number of ether oxygens (including phenoxy) is 1. The lowest BCUT2D eigenvalue weighted by Crippen LogP contribution is -2.27. The number of methoxy groups -OCH3 is 1. The molecule has 0 aliphatic carbocycles. The van der Waals surface area contributed by atoms with E-state index in [2.05, 4.69) is 0 Å². The van der Waals surface area contributed by atoms with Crippen molar-refractivity contribution in [2.24, 2.45) is 0 Å². The number of hydrogen-bond acceptors (Lipinski definition) is 2. The van der Waals surface area contributed by atoms with E-state index in [9.17, 15) is 4.79 Å². The minimum Gasteiger partial charge on any atom is -0.383 e. The van der Waals surface area contributed by atoms with Gasteiger partial charge in [0.1, 0.15) is 0 Å². The Bertz CT molecular complexity index is 380. The van der Waals surface area contributed by atoms with E-state index in [1.807, 2.05) is 32.9 Å². The SMILES string of the molecule is COCCn1c(C)ccc(C(C)C)c1=O. The highest BCUT2D eigenvalue weighted by Crippen LogP contribution is 2.09. The van der Waals surface area contributed by atoms with Crippen LogP contribution in [0.25, 0.3) is 0 Å². The third-order valence-corrected chi connectivity index (χ3v) is 2.56. The van der Waals surface area contributed by atoms with Crippen molar-refractivity contribution in [2.75, 3.05) is 13.7 Å². The molecule has 84 valence electrons. The van der Waals surface area contributed by atoms with Gasteiger partial charge in [0, 0.05) is 24.9 Å². The molecule has 0 N–H and O–H groups in total. The van der Waals surface area contributed by atoms with Gasteiger partial charge in [0.2, 0.25) is 0 Å². The second kappa shape index (κ2) is 5.12. The third-order valence-electron chi connectivity index (χ3n) is 2.56. The van der Waals surface area contributed by atoms with Gasteiger partial charge < -0.3 is 9.30 Å². The van der Waals surface area contributed by atoms with Gasteiger partial charge in [-0.2, -0.15) is 0 Å². The summed E-state index contributed by atoms with van der Waals surface area (Å²) in [6.07, 6.45) is 0. The molecule has 3 heteroatoms. The van der Waals surface area contributed by atoms with E-state index in [1.54, 1.807) is 11.7 Å². The molecule has 0 amide bonds. The van der Waals surface area contributed by atoms with E-state index in [0.29, 0.717) is 13.2 Å². The fraction of sp³-hybridized carbons (Fsp3) is 0.583. The number of aromatic nitrogens is 1. The van der Waals surface area contributed by atoms with Crippen molar-refractivity contribution in [1.29, 1.82) is 0 Å². The lowest BCUT2D eigenvalue weighted by molar-refractivity contribution is 0.185. The third kappa shape index (κ3) is 2.69. The Balaban J connectivity index is 3.13. The lowest BCUT2D eigenvalue weighted by Gasteiger charge is -2.12. The van der Waals surface area contributed by atoms with Crippen LogP contribution < -0.4 is 5.56 Å². The second-order valence-corrected chi connectivity index (χ2v) is 4.03. The van der Waals surface area contributed by atoms with Crippen molar-refractivity contribution in [1.82, 2.24) is 4.57 Å². The van der Waals surface area contributed by atoms with Gasteiger partial charge in [-0.05, 0) is 18.9 Å². The van der Waals surface area contributed by atoms with E-state index in [-0.39, 0.29) is 11.5 Å². The first-order valence-electron chi connectivity index (χ1n) is 5.27. The first-order valence-corrected chi connectivity index (χ1v) is 5.27. The molecule has 0 aromatic carbocycles. The van der Waals surface area contributed by atoms with E-state index < -0.39 is 0 Å². The van der Waals surface area contributed by atoms with Crippen LogP contribution in [-0.4, -0.2) is 18.3 Å². The Morgan fingerprint density at radius 1 is 1.40 bits per heavy atom. The number of nitrogens with zero attached hydrogens (tertiary/aromatic N) is 1. The molecule has 1 aromatic rings. The molecule has 0 saturated heterocycles. The number of aryl methyl sites for hydroxylation is 1. The second-order valence-electron chi connectivity index (χ2n) is 4.03. The summed E-state index contributed by atoms with van der Waals surface area (Å²) in [5.41, 5.74) is 1.97. The highest BCUT2D eigenvalue weighted by atomic mass is 16.5. The van der Waals surface area contributed by atoms with Crippen LogP contribution in [0.1, 0.15) is 31.0 Å². The molecule has 0 spiro atoms. The van der Waals surface area contributed by atoms with Gasteiger partial charge in [-0.15, -0.1) is 0 Å². The molecule has 0 aliphatic rings. The van der Waals surface area contributed by atoms with Crippen LogP contribution in [0.2, 0.25) is 0 Å². The Morgan fingerprint density at radius 3 is 2.60 bits per heavy atom. The first-order chi connectivity index (χ1) is 7.07. The maximum Gasteiger partial charge on any atom is 0.254 e. The lowest BCUT2D eigenvalue weighted by atomic mass is 10.1. The van der Waals surface area contributed by atoms with Crippen LogP contribution in [-0.2, 0) is 11.3 Å². The van der Waals surface area contributed by atoms with Crippen molar-refractivity contribution in [3.63, 3.8) is 0 Å². The number of rotatable bonds is 4. The standard InChI is InChI=1S/C12H19NO2/c1-9(2)11-6-5-10(3)13(12(11)14)7-8-15-4/h5-6,9H,7-8H2,1-4H3. The van der Waals surface area contributed by atoms with E-state index in [0.717, 1.165) is 11.3 Å². The van der Waals surface area contributed by atoms with E-state index >= 15 is 0 Å². The summed E-state index contributed by atoms with van der Waals surface area (Å²) in [7, 11) is 1.65. The highest BCUT2D eigenvalue weighted by molar-refractivity contribution is 5.18. The molecule has 1 aromatic heterocycles. The van der Waals surface area contributed by atoms with Crippen molar-refractivity contribution < 1.29 is 4.74 Å². The van der Waals surface area contributed by atoms with Crippen LogP contribution in [0, 0.1) is 6.92 Å². The molecule has 0 radical (unpaired) electrons. The van der Waals surface area contributed by atoms with E-state index in [4.69, 9.17) is 4.74 Å². The maximum absolute atomic E-state index is 12.0. The molecule has 15 heavy (non-hydrogen) atoms. The van der Waals surface area contributed by atoms with Gasteiger partial charge in [0.05, 0.1) is 6.61 Å². The summed E-state index contributed by atoms with van der Waals surface area (Å²) in [5, 5.41) is 0.